The van der Waals surface area contributed by atoms with E-state index in [-0.39, 0.29) is 5.78 Å². The van der Waals surface area contributed by atoms with E-state index in [0.717, 1.165) is 57.0 Å². The molecule has 1 aromatic carbocycles. The lowest BCUT2D eigenvalue weighted by atomic mass is 10.2. The molecule has 2 heterocycles. The third-order valence-electron chi connectivity index (χ3n) is 4.17. The maximum atomic E-state index is 11.2. The molecule has 1 aliphatic heterocycles. The van der Waals surface area contributed by atoms with Gasteiger partial charge in [-0.15, -0.1) is 0 Å². The van der Waals surface area contributed by atoms with Crippen molar-refractivity contribution in [1.82, 2.24) is 14.9 Å². The second-order valence-corrected chi connectivity index (χ2v) is 5.95. The number of para-hydroxylation sites is 2. The van der Waals surface area contributed by atoms with Crippen molar-refractivity contribution in [2.75, 3.05) is 31.1 Å². The first-order chi connectivity index (χ1) is 10.8. The summed E-state index contributed by atoms with van der Waals surface area (Å²) < 4.78 is 2.28. The van der Waals surface area contributed by atoms with E-state index in [2.05, 4.69) is 33.0 Å². The number of rotatable bonds is 5. The Morgan fingerprint density at radius 3 is 3.00 bits per heavy atom. The van der Waals surface area contributed by atoms with Gasteiger partial charge in [0.15, 0.2) is 0 Å². The minimum atomic E-state index is 0.255. The van der Waals surface area contributed by atoms with Crippen molar-refractivity contribution in [2.45, 2.75) is 32.7 Å². The summed E-state index contributed by atoms with van der Waals surface area (Å²) in [5.41, 5.74) is 2.20. The van der Waals surface area contributed by atoms with Crippen LogP contribution >= 0.6 is 0 Å². The highest BCUT2D eigenvalue weighted by Crippen LogP contribution is 2.23. The molecule has 0 saturated carbocycles. The molecule has 1 aliphatic rings. The minimum Gasteiger partial charge on any atom is -0.341 e. The van der Waals surface area contributed by atoms with Crippen LogP contribution < -0.4 is 10.2 Å². The Hall–Kier alpha value is -1.88. The number of carbonyl (C=O) groups is 1. The molecular formula is C17H24N4O. The fraction of sp³-hybridized carbons (Fsp3) is 0.529. The van der Waals surface area contributed by atoms with Gasteiger partial charge in [-0.2, -0.15) is 0 Å². The highest BCUT2D eigenvalue weighted by molar-refractivity contribution is 5.79. The van der Waals surface area contributed by atoms with Gasteiger partial charge in [0.05, 0.1) is 11.0 Å². The molecule has 1 saturated heterocycles. The highest BCUT2D eigenvalue weighted by atomic mass is 16.1. The minimum absolute atomic E-state index is 0.255. The summed E-state index contributed by atoms with van der Waals surface area (Å²) in [6.07, 6.45) is 2.64. The second kappa shape index (κ2) is 6.92. The predicted octanol–water partition coefficient (Wildman–Crippen LogP) is 2.21. The third kappa shape index (κ3) is 3.30. The summed E-state index contributed by atoms with van der Waals surface area (Å²) in [5.74, 6) is 1.30. The molecule has 3 rings (SSSR count). The third-order valence-corrected chi connectivity index (χ3v) is 4.17. The van der Waals surface area contributed by atoms with Gasteiger partial charge in [0.2, 0.25) is 5.95 Å². The van der Waals surface area contributed by atoms with Crippen molar-refractivity contribution in [2.24, 2.45) is 0 Å². The van der Waals surface area contributed by atoms with E-state index in [0.29, 0.717) is 6.42 Å². The quantitative estimate of drug-likeness (QED) is 0.920. The number of ketones is 1. The number of imidazole rings is 1. The summed E-state index contributed by atoms with van der Waals surface area (Å²) in [5, 5.41) is 3.43. The Labute approximate surface area is 131 Å². The molecule has 0 radical (unpaired) electrons. The summed E-state index contributed by atoms with van der Waals surface area (Å²) in [7, 11) is 0. The van der Waals surface area contributed by atoms with E-state index in [1.165, 1.54) is 5.52 Å². The van der Waals surface area contributed by atoms with Gasteiger partial charge in [0, 0.05) is 32.6 Å². The van der Waals surface area contributed by atoms with Crippen molar-refractivity contribution >= 4 is 22.8 Å². The Morgan fingerprint density at radius 2 is 2.14 bits per heavy atom. The van der Waals surface area contributed by atoms with Crippen LogP contribution in [0.1, 0.15) is 26.2 Å². The van der Waals surface area contributed by atoms with Crippen LogP contribution in [-0.2, 0) is 11.3 Å². The van der Waals surface area contributed by atoms with Crippen LogP contribution in [0.15, 0.2) is 24.3 Å². The zero-order chi connectivity index (χ0) is 15.4. The fourth-order valence-corrected chi connectivity index (χ4v) is 3.06. The molecule has 1 aromatic heterocycles. The molecule has 22 heavy (non-hydrogen) atoms. The van der Waals surface area contributed by atoms with Gasteiger partial charge in [-0.25, -0.2) is 4.98 Å². The number of fused-ring (bicyclic) bond motifs is 1. The van der Waals surface area contributed by atoms with E-state index in [9.17, 15) is 4.79 Å². The van der Waals surface area contributed by atoms with E-state index in [4.69, 9.17) is 4.98 Å². The van der Waals surface area contributed by atoms with Gasteiger partial charge < -0.3 is 19.6 Å². The largest absolute Gasteiger partial charge is 0.341 e. The molecule has 5 nitrogen and oxygen atoms in total. The van der Waals surface area contributed by atoms with E-state index in [1.54, 1.807) is 6.92 Å². The lowest BCUT2D eigenvalue weighted by Gasteiger charge is -2.22. The Balaban J connectivity index is 1.90. The number of nitrogens with one attached hydrogen (secondary N) is 1. The van der Waals surface area contributed by atoms with Gasteiger partial charge >= 0.3 is 0 Å². The van der Waals surface area contributed by atoms with Gasteiger partial charge in [-0.05, 0) is 38.4 Å². The zero-order valence-corrected chi connectivity index (χ0v) is 13.2. The van der Waals surface area contributed by atoms with E-state index in [1.807, 2.05) is 6.07 Å². The molecule has 5 heteroatoms. The maximum absolute atomic E-state index is 11.2. The first-order valence-corrected chi connectivity index (χ1v) is 8.16. The van der Waals surface area contributed by atoms with Gasteiger partial charge in [-0.1, -0.05) is 12.1 Å². The lowest BCUT2D eigenvalue weighted by molar-refractivity contribution is -0.117. The SMILES string of the molecule is CC(=O)CCCn1c(N2CCCNCC2)nc2ccccc21. The second-order valence-electron chi connectivity index (χ2n) is 5.95. The smallest absolute Gasteiger partial charge is 0.206 e. The van der Waals surface area contributed by atoms with Crippen LogP contribution in [0.5, 0.6) is 0 Å². The van der Waals surface area contributed by atoms with Crippen molar-refractivity contribution < 1.29 is 4.79 Å². The van der Waals surface area contributed by atoms with Gasteiger partial charge in [-0.3, -0.25) is 0 Å². The molecule has 118 valence electrons. The summed E-state index contributed by atoms with van der Waals surface area (Å²) in [4.78, 5) is 18.4. The summed E-state index contributed by atoms with van der Waals surface area (Å²) in [6.45, 7) is 6.59. The number of Topliss-reactive ketones (excluding diaryl/α,β-unsaturated/α-hetero) is 1. The number of hydrogen-bond donors (Lipinski definition) is 1. The van der Waals surface area contributed by atoms with Crippen LogP contribution in [-0.4, -0.2) is 41.5 Å². The Bertz CT molecular complexity index is 641. The van der Waals surface area contributed by atoms with Crippen LogP contribution in [0.25, 0.3) is 11.0 Å². The molecule has 2 aromatic rings. The number of benzene rings is 1. The molecular weight excluding hydrogens is 276 g/mol. The molecule has 1 N–H and O–H groups in total. The number of carbonyl (C=O) groups excluding carboxylic acids is 1. The first kappa shape index (κ1) is 15.0. The van der Waals surface area contributed by atoms with E-state index >= 15 is 0 Å². The van der Waals surface area contributed by atoms with Crippen molar-refractivity contribution in [1.29, 1.82) is 0 Å². The monoisotopic (exact) mass is 300 g/mol. The molecule has 0 bridgehead atoms. The molecule has 0 atom stereocenters. The molecule has 0 spiro atoms. The maximum Gasteiger partial charge on any atom is 0.206 e. The van der Waals surface area contributed by atoms with Gasteiger partial charge in [0.1, 0.15) is 5.78 Å². The summed E-state index contributed by atoms with van der Waals surface area (Å²) >= 11 is 0. The number of aryl methyl sites for hydroxylation is 1. The predicted molar refractivity (Wildman–Crippen MR) is 89.3 cm³/mol. The van der Waals surface area contributed by atoms with E-state index < -0.39 is 0 Å². The van der Waals surface area contributed by atoms with Crippen molar-refractivity contribution in [3.8, 4) is 0 Å². The average molecular weight is 300 g/mol. The van der Waals surface area contributed by atoms with Crippen LogP contribution in [0, 0.1) is 0 Å². The Morgan fingerprint density at radius 1 is 1.27 bits per heavy atom. The molecule has 1 fully saturated rings. The topological polar surface area (TPSA) is 50.2 Å². The van der Waals surface area contributed by atoms with Gasteiger partial charge in [0.25, 0.3) is 0 Å². The first-order valence-electron chi connectivity index (χ1n) is 8.16. The van der Waals surface area contributed by atoms with Crippen LogP contribution in [0.3, 0.4) is 0 Å². The van der Waals surface area contributed by atoms with Crippen molar-refractivity contribution in [3.05, 3.63) is 24.3 Å². The normalized spacial score (nSPS) is 16.0. The number of hydrogen-bond acceptors (Lipinski definition) is 4. The summed E-state index contributed by atoms with van der Waals surface area (Å²) in [6, 6.07) is 8.27. The standard InChI is InChI=1S/C17H24N4O/c1-14(22)6-4-12-21-16-8-3-2-7-15(16)19-17(21)20-11-5-9-18-10-13-20/h2-3,7-8,18H,4-6,9-13H2,1H3. The molecule has 0 unspecified atom stereocenters. The average Bonchev–Trinajstić information content (AvgIpc) is 2.70. The lowest BCUT2D eigenvalue weighted by Crippen LogP contribution is -2.30. The number of nitrogens with zero attached hydrogens (tertiary/aromatic N) is 3. The fourth-order valence-electron chi connectivity index (χ4n) is 3.06. The van der Waals surface area contributed by atoms with Crippen LogP contribution in [0.2, 0.25) is 0 Å². The number of anilines is 1. The zero-order valence-electron chi connectivity index (χ0n) is 13.2. The molecule has 0 aliphatic carbocycles. The van der Waals surface area contributed by atoms with Crippen LogP contribution in [0.4, 0.5) is 5.95 Å². The Kier molecular flexibility index (Phi) is 4.73. The van der Waals surface area contributed by atoms with Crippen molar-refractivity contribution in [3.63, 3.8) is 0 Å². The highest BCUT2D eigenvalue weighted by Gasteiger charge is 2.18. The molecule has 0 amide bonds. The number of aromatic nitrogens is 2.